The Morgan fingerprint density at radius 1 is 1.53 bits per heavy atom. The minimum absolute atomic E-state index is 0.00972. The van der Waals surface area contributed by atoms with Crippen LogP contribution in [-0.4, -0.2) is 41.4 Å². The summed E-state index contributed by atoms with van der Waals surface area (Å²) in [7, 11) is 0. The maximum atomic E-state index is 10.9. The van der Waals surface area contributed by atoms with E-state index in [1.54, 1.807) is 0 Å². The minimum Gasteiger partial charge on any atom is -0.465 e. The first-order chi connectivity index (χ1) is 6.85. The summed E-state index contributed by atoms with van der Waals surface area (Å²) < 4.78 is 5.58. The lowest BCUT2D eigenvalue weighted by atomic mass is 9.70. The molecule has 15 heavy (non-hydrogen) atoms. The lowest BCUT2D eigenvalue weighted by Gasteiger charge is -2.42. The number of rotatable bonds is 0. The normalized spacial score (nSPS) is 35.7. The summed E-state index contributed by atoms with van der Waals surface area (Å²) in [5.41, 5.74) is 0.0921. The number of carbonyl (C=O) groups is 1. The van der Waals surface area contributed by atoms with Gasteiger partial charge in [-0.25, -0.2) is 4.79 Å². The van der Waals surface area contributed by atoms with Crippen LogP contribution in [0.15, 0.2) is 0 Å². The lowest BCUT2D eigenvalue weighted by molar-refractivity contribution is 0.0249. The monoisotopic (exact) mass is 213 g/mol. The quantitative estimate of drug-likeness (QED) is 0.624. The molecular weight excluding hydrogens is 194 g/mol. The molecular formula is C11H19NO3. The number of hydrogen-bond donors (Lipinski definition) is 1. The van der Waals surface area contributed by atoms with Crippen molar-refractivity contribution in [3.05, 3.63) is 0 Å². The molecule has 0 radical (unpaired) electrons. The van der Waals surface area contributed by atoms with Crippen LogP contribution in [0.3, 0.4) is 0 Å². The van der Waals surface area contributed by atoms with Crippen LogP contribution in [0.25, 0.3) is 0 Å². The molecule has 2 rings (SSSR count). The average Bonchev–Trinajstić information content (AvgIpc) is 2.83. The molecule has 2 heterocycles. The van der Waals surface area contributed by atoms with Gasteiger partial charge in [0.15, 0.2) is 0 Å². The van der Waals surface area contributed by atoms with Crippen molar-refractivity contribution in [2.45, 2.75) is 32.8 Å². The summed E-state index contributed by atoms with van der Waals surface area (Å²) in [5.74, 6) is 0.315. The van der Waals surface area contributed by atoms with E-state index in [1.807, 2.05) is 0 Å². The topological polar surface area (TPSA) is 53.1 Å². The van der Waals surface area contributed by atoms with Gasteiger partial charge < -0.3 is 14.7 Å². The van der Waals surface area contributed by atoms with Crippen LogP contribution < -0.4 is 0 Å². The van der Waals surface area contributed by atoms with Crippen LogP contribution >= 0.6 is 0 Å². The average molecular weight is 213 g/mol. The molecule has 1 amide bonds. The zero-order valence-electron chi connectivity index (χ0n) is 9.62. The largest absolute Gasteiger partial charge is 0.465 e. The maximum Gasteiger partial charge on any atom is 0.407 e. The van der Waals surface area contributed by atoms with Gasteiger partial charge in [0.1, 0.15) is 0 Å². The highest BCUT2D eigenvalue weighted by Crippen LogP contribution is 2.49. The molecule has 1 N–H and O–H groups in total. The highest BCUT2D eigenvalue weighted by molar-refractivity contribution is 5.65. The van der Waals surface area contributed by atoms with E-state index in [-0.39, 0.29) is 11.0 Å². The van der Waals surface area contributed by atoms with Gasteiger partial charge in [0.2, 0.25) is 0 Å². The first-order valence-corrected chi connectivity index (χ1v) is 5.47. The molecule has 2 atom stereocenters. The van der Waals surface area contributed by atoms with E-state index in [2.05, 4.69) is 20.8 Å². The Hall–Kier alpha value is -0.770. The highest BCUT2D eigenvalue weighted by Gasteiger charge is 2.57. The van der Waals surface area contributed by atoms with Gasteiger partial charge in [-0.05, 0) is 11.8 Å². The lowest BCUT2D eigenvalue weighted by Crippen LogP contribution is -2.51. The Morgan fingerprint density at radius 2 is 2.13 bits per heavy atom. The van der Waals surface area contributed by atoms with Gasteiger partial charge in [-0.15, -0.1) is 0 Å². The molecule has 4 heteroatoms. The Labute approximate surface area is 90.2 Å². The molecule has 2 unspecified atom stereocenters. The number of epoxide rings is 1. The zero-order chi connectivity index (χ0) is 11.3. The first-order valence-electron chi connectivity index (χ1n) is 5.47. The van der Waals surface area contributed by atoms with Crippen molar-refractivity contribution in [1.29, 1.82) is 0 Å². The van der Waals surface area contributed by atoms with Gasteiger partial charge in [-0.2, -0.15) is 0 Å². The number of carboxylic acid groups (broad SMARTS) is 1. The Morgan fingerprint density at radius 3 is 2.53 bits per heavy atom. The van der Waals surface area contributed by atoms with E-state index in [0.717, 1.165) is 13.0 Å². The standard InChI is InChI=1S/C11H19NO3/c1-10(2,3)8-6-12(9(13)14)5-4-11(8)7-15-11/h8H,4-7H2,1-3H3,(H,13,14). The van der Waals surface area contributed by atoms with Crippen molar-refractivity contribution in [2.75, 3.05) is 19.7 Å². The smallest absolute Gasteiger partial charge is 0.407 e. The van der Waals surface area contributed by atoms with Crippen LogP contribution in [-0.2, 0) is 4.74 Å². The van der Waals surface area contributed by atoms with Crippen LogP contribution in [0.1, 0.15) is 27.2 Å². The van der Waals surface area contributed by atoms with Crippen molar-refractivity contribution >= 4 is 6.09 Å². The van der Waals surface area contributed by atoms with Gasteiger partial charge in [0.25, 0.3) is 0 Å². The fourth-order valence-electron chi connectivity index (χ4n) is 2.65. The molecule has 2 saturated heterocycles. The van der Waals surface area contributed by atoms with Gasteiger partial charge in [0, 0.05) is 19.0 Å². The van der Waals surface area contributed by atoms with E-state index in [4.69, 9.17) is 9.84 Å². The number of nitrogens with zero attached hydrogens (tertiary/aromatic N) is 1. The predicted molar refractivity (Wildman–Crippen MR) is 55.8 cm³/mol. The Balaban J connectivity index is 2.14. The van der Waals surface area contributed by atoms with Gasteiger partial charge >= 0.3 is 6.09 Å². The van der Waals surface area contributed by atoms with Crippen LogP contribution in [0.5, 0.6) is 0 Å². The Kier molecular flexibility index (Phi) is 2.23. The van der Waals surface area contributed by atoms with Crippen molar-refractivity contribution in [1.82, 2.24) is 4.90 Å². The third-order valence-corrected chi connectivity index (χ3v) is 3.67. The zero-order valence-corrected chi connectivity index (χ0v) is 9.62. The van der Waals surface area contributed by atoms with Crippen molar-refractivity contribution in [3.8, 4) is 0 Å². The summed E-state index contributed by atoms with van der Waals surface area (Å²) in [5, 5.41) is 9.00. The number of hydrogen-bond acceptors (Lipinski definition) is 2. The van der Waals surface area contributed by atoms with Gasteiger partial charge in [-0.3, -0.25) is 0 Å². The molecule has 86 valence electrons. The van der Waals surface area contributed by atoms with Crippen molar-refractivity contribution in [2.24, 2.45) is 11.3 Å². The van der Waals surface area contributed by atoms with E-state index in [0.29, 0.717) is 19.0 Å². The molecule has 0 aromatic rings. The number of amides is 1. The molecule has 2 fully saturated rings. The fourth-order valence-corrected chi connectivity index (χ4v) is 2.65. The second-order valence-electron chi connectivity index (χ2n) is 5.75. The summed E-state index contributed by atoms with van der Waals surface area (Å²) in [6.07, 6.45) is 0.0427. The second kappa shape index (κ2) is 3.11. The number of piperidine rings is 1. The SMILES string of the molecule is CC(C)(C)C1CN(C(=O)O)CCC12CO2. The predicted octanol–water partition coefficient (Wildman–Crippen LogP) is 1.80. The third kappa shape index (κ3) is 1.83. The van der Waals surface area contributed by atoms with Gasteiger partial charge in [-0.1, -0.05) is 20.8 Å². The van der Waals surface area contributed by atoms with Crippen LogP contribution in [0.2, 0.25) is 0 Å². The molecule has 4 nitrogen and oxygen atoms in total. The molecule has 0 aromatic carbocycles. The number of likely N-dealkylation sites (tertiary alicyclic amines) is 1. The van der Waals surface area contributed by atoms with Gasteiger partial charge in [0.05, 0.1) is 12.2 Å². The highest BCUT2D eigenvalue weighted by atomic mass is 16.6. The molecule has 0 saturated carbocycles. The van der Waals surface area contributed by atoms with Crippen molar-refractivity contribution in [3.63, 3.8) is 0 Å². The van der Waals surface area contributed by atoms with Crippen molar-refractivity contribution < 1.29 is 14.6 Å². The molecule has 2 aliphatic heterocycles. The third-order valence-electron chi connectivity index (χ3n) is 3.67. The summed E-state index contributed by atoms with van der Waals surface area (Å²) in [6, 6.07) is 0. The molecule has 1 spiro atoms. The fraction of sp³-hybridized carbons (Fsp3) is 0.909. The summed E-state index contributed by atoms with van der Waals surface area (Å²) in [4.78, 5) is 12.5. The van der Waals surface area contributed by atoms with Crippen LogP contribution in [0, 0.1) is 11.3 Å². The Bertz CT molecular complexity index is 278. The maximum absolute atomic E-state index is 10.9. The van der Waals surface area contributed by atoms with E-state index in [1.165, 1.54) is 4.90 Å². The molecule has 0 aromatic heterocycles. The van der Waals surface area contributed by atoms with Crippen LogP contribution in [0.4, 0.5) is 4.79 Å². The van der Waals surface area contributed by atoms with E-state index in [9.17, 15) is 4.79 Å². The minimum atomic E-state index is -0.806. The molecule has 0 aliphatic carbocycles. The molecule has 0 bridgehead atoms. The van der Waals surface area contributed by atoms with E-state index < -0.39 is 6.09 Å². The van der Waals surface area contributed by atoms with E-state index >= 15 is 0 Å². The molecule has 2 aliphatic rings. The number of ether oxygens (including phenoxy) is 1. The second-order valence-corrected chi connectivity index (χ2v) is 5.75. The summed E-state index contributed by atoms with van der Waals surface area (Å²) >= 11 is 0. The first kappa shape index (κ1) is 10.7. The summed E-state index contributed by atoms with van der Waals surface area (Å²) in [6.45, 7) is 8.51.